The quantitative estimate of drug-likeness (QED) is 0.878. The summed E-state index contributed by atoms with van der Waals surface area (Å²) in [5, 5.41) is 0. The average molecular weight is 238 g/mol. The Bertz CT molecular complexity index is 319. The van der Waals surface area contributed by atoms with Crippen LogP contribution in [0, 0.1) is 11.3 Å². The van der Waals surface area contributed by atoms with Crippen LogP contribution in [0.5, 0.6) is 0 Å². The topological polar surface area (TPSA) is 38.9 Å². The maximum Gasteiger partial charge on any atom is 0.0794 e. The molecule has 2 nitrogen and oxygen atoms in total. The lowest BCUT2D eigenvalue weighted by atomic mass is 9.65. The molecule has 0 amide bonds. The minimum Gasteiger partial charge on any atom is -0.327 e. The largest absolute Gasteiger partial charge is 0.327 e. The Morgan fingerprint density at radius 1 is 1.56 bits per heavy atom. The number of thiazole rings is 1. The highest BCUT2D eigenvalue weighted by Gasteiger charge is 2.35. The first kappa shape index (κ1) is 12.1. The fourth-order valence-electron chi connectivity index (χ4n) is 3.03. The maximum atomic E-state index is 6.39. The molecule has 1 aromatic rings. The van der Waals surface area contributed by atoms with Crippen molar-refractivity contribution in [3.8, 4) is 0 Å². The molecule has 90 valence electrons. The van der Waals surface area contributed by atoms with Gasteiger partial charge in [-0.2, -0.15) is 0 Å². The first-order valence-electron chi connectivity index (χ1n) is 6.22. The van der Waals surface area contributed by atoms with Crippen LogP contribution in [0.4, 0.5) is 0 Å². The van der Waals surface area contributed by atoms with Crippen molar-refractivity contribution in [2.45, 2.75) is 52.0 Å². The predicted octanol–water partition coefficient (Wildman–Crippen LogP) is 3.23. The van der Waals surface area contributed by atoms with Crippen molar-refractivity contribution in [2.75, 3.05) is 0 Å². The van der Waals surface area contributed by atoms with Gasteiger partial charge in [0.15, 0.2) is 0 Å². The average Bonchev–Trinajstić information content (AvgIpc) is 2.69. The lowest BCUT2D eigenvalue weighted by Crippen LogP contribution is -2.42. The Morgan fingerprint density at radius 2 is 2.38 bits per heavy atom. The molecule has 2 N–H and O–H groups in total. The van der Waals surface area contributed by atoms with Crippen LogP contribution in [0.3, 0.4) is 0 Å². The molecule has 2 unspecified atom stereocenters. The van der Waals surface area contributed by atoms with Gasteiger partial charge in [-0.3, -0.25) is 4.98 Å². The Morgan fingerprint density at radius 3 is 3.00 bits per heavy atom. The van der Waals surface area contributed by atoms with E-state index in [-0.39, 0.29) is 0 Å². The summed E-state index contributed by atoms with van der Waals surface area (Å²) in [5.74, 6) is 0.670. The molecule has 1 heterocycles. The summed E-state index contributed by atoms with van der Waals surface area (Å²) >= 11 is 1.72. The van der Waals surface area contributed by atoms with E-state index < -0.39 is 0 Å². The molecule has 0 spiro atoms. The van der Waals surface area contributed by atoms with Crippen molar-refractivity contribution in [3.63, 3.8) is 0 Å². The molecule has 0 bridgehead atoms. The molecular formula is C13H22N2S. The van der Waals surface area contributed by atoms with E-state index in [1.54, 1.807) is 11.3 Å². The van der Waals surface area contributed by atoms with Crippen LogP contribution in [0.25, 0.3) is 0 Å². The minimum atomic E-state index is 0.302. The van der Waals surface area contributed by atoms with Crippen molar-refractivity contribution in [1.29, 1.82) is 0 Å². The molecule has 1 aliphatic rings. The highest BCUT2D eigenvalue weighted by atomic mass is 32.1. The van der Waals surface area contributed by atoms with Crippen LogP contribution in [0.1, 0.15) is 44.4 Å². The summed E-state index contributed by atoms with van der Waals surface area (Å²) in [6.07, 6.45) is 8.31. The standard InChI is InChI=1S/C13H22N2S/c1-13(2)6-4-3-5-11(13)12(14)7-10-8-15-9-16-10/h8-9,11-12H,3-7,14H2,1-2H3. The molecule has 0 aliphatic heterocycles. The Kier molecular flexibility index (Phi) is 3.65. The van der Waals surface area contributed by atoms with Crippen molar-refractivity contribution in [3.05, 3.63) is 16.6 Å². The lowest BCUT2D eigenvalue weighted by molar-refractivity contribution is 0.113. The summed E-state index contributed by atoms with van der Waals surface area (Å²) in [4.78, 5) is 5.45. The molecule has 2 atom stereocenters. The van der Waals surface area contributed by atoms with Gasteiger partial charge in [0.1, 0.15) is 0 Å². The summed E-state index contributed by atoms with van der Waals surface area (Å²) in [5.41, 5.74) is 8.71. The van der Waals surface area contributed by atoms with E-state index in [1.807, 2.05) is 11.7 Å². The van der Waals surface area contributed by atoms with Gasteiger partial charge in [-0.15, -0.1) is 11.3 Å². The van der Waals surface area contributed by atoms with E-state index in [0.29, 0.717) is 17.4 Å². The van der Waals surface area contributed by atoms with Gasteiger partial charge in [-0.05, 0) is 30.6 Å². The Balaban J connectivity index is 2.00. The fourth-order valence-corrected chi connectivity index (χ4v) is 3.70. The summed E-state index contributed by atoms with van der Waals surface area (Å²) in [6.45, 7) is 4.76. The molecule has 1 aliphatic carbocycles. The molecule has 0 radical (unpaired) electrons. The third kappa shape index (κ3) is 2.64. The lowest BCUT2D eigenvalue weighted by Gasteiger charge is -2.42. The predicted molar refractivity (Wildman–Crippen MR) is 69.5 cm³/mol. The smallest absolute Gasteiger partial charge is 0.0794 e. The van der Waals surface area contributed by atoms with Crippen LogP contribution in [-0.4, -0.2) is 11.0 Å². The van der Waals surface area contributed by atoms with Crippen LogP contribution in [-0.2, 0) is 6.42 Å². The fraction of sp³-hybridized carbons (Fsp3) is 0.769. The van der Waals surface area contributed by atoms with Crippen molar-refractivity contribution >= 4 is 11.3 Å². The van der Waals surface area contributed by atoms with E-state index in [0.717, 1.165) is 6.42 Å². The molecular weight excluding hydrogens is 216 g/mol. The minimum absolute atomic E-state index is 0.302. The third-order valence-electron chi connectivity index (χ3n) is 4.03. The molecule has 1 aromatic heterocycles. The second-order valence-corrected chi connectivity index (χ2v) is 6.65. The monoisotopic (exact) mass is 238 g/mol. The highest BCUT2D eigenvalue weighted by molar-refractivity contribution is 7.09. The Hall–Kier alpha value is -0.410. The second-order valence-electron chi connectivity index (χ2n) is 5.68. The van der Waals surface area contributed by atoms with Gasteiger partial charge in [0.25, 0.3) is 0 Å². The van der Waals surface area contributed by atoms with E-state index in [1.165, 1.54) is 30.6 Å². The zero-order valence-electron chi connectivity index (χ0n) is 10.3. The van der Waals surface area contributed by atoms with E-state index in [4.69, 9.17) is 5.73 Å². The SMILES string of the molecule is CC1(C)CCCCC1C(N)Cc1cncs1. The van der Waals surface area contributed by atoms with Crippen LogP contribution >= 0.6 is 11.3 Å². The number of rotatable bonds is 3. The molecule has 0 aromatic carbocycles. The van der Waals surface area contributed by atoms with E-state index >= 15 is 0 Å². The first-order valence-corrected chi connectivity index (χ1v) is 7.10. The van der Waals surface area contributed by atoms with Gasteiger partial charge < -0.3 is 5.73 Å². The number of nitrogens with zero attached hydrogens (tertiary/aromatic N) is 1. The summed E-state index contributed by atoms with van der Waals surface area (Å²) in [6, 6.07) is 0.302. The number of hydrogen-bond acceptors (Lipinski definition) is 3. The summed E-state index contributed by atoms with van der Waals surface area (Å²) in [7, 11) is 0. The second kappa shape index (κ2) is 4.84. The van der Waals surface area contributed by atoms with Gasteiger partial charge in [-0.1, -0.05) is 26.7 Å². The first-order chi connectivity index (χ1) is 7.59. The zero-order chi connectivity index (χ0) is 11.6. The molecule has 2 rings (SSSR count). The van der Waals surface area contributed by atoms with Crippen molar-refractivity contribution in [1.82, 2.24) is 4.98 Å². The van der Waals surface area contributed by atoms with E-state index in [2.05, 4.69) is 18.8 Å². The van der Waals surface area contributed by atoms with Crippen molar-refractivity contribution < 1.29 is 0 Å². The van der Waals surface area contributed by atoms with Crippen molar-refractivity contribution in [2.24, 2.45) is 17.1 Å². The summed E-state index contributed by atoms with van der Waals surface area (Å²) < 4.78 is 0. The molecule has 16 heavy (non-hydrogen) atoms. The van der Waals surface area contributed by atoms with Gasteiger partial charge in [-0.25, -0.2) is 0 Å². The molecule has 1 saturated carbocycles. The maximum absolute atomic E-state index is 6.39. The van der Waals surface area contributed by atoms with Crippen LogP contribution in [0.15, 0.2) is 11.7 Å². The van der Waals surface area contributed by atoms with Crippen LogP contribution in [0.2, 0.25) is 0 Å². The molecule has 0 saturated heterocycles. The molecule has 1 fully saturated rings. The highest BCUT2D eigenvalue weighted by Crippen LogP contribution is 2.42. The third-order valence-corrected chi connectivity index (χ3v) is 4.83. The van der Waals surface area contributed by atoms with Gasteiger partial charge >= 0.3 is 0 Å². The normalized spacial score (nSPS) is 26.6. The van der Waals surface area contributed by atoms with Gasteiger partial charge in [0, 0.05) is 17.1 Å². The number of hydrogen-bond donors (Lipinski definition) is 1. The number of nitrogens with two attached hydrogens (primary N) is 1. The zero-order valence-corrected chi connectivity index (χ0v) is 11.1. The number of aromatic nitrogens is 1. The van der Waals surface area contributed by atoms with Gasteiger partial charge in [0.2, 0.25) is 0 Å². The molecule has 3 heteroatoms. The van der Waals surface area contributed by atoms with Gasteiger partial charge in [0.05, 0.1) is 5.51 Å². The van der Waals surface area contributed by atoms with E-state index in [9.17, 15) is 0 Å². The van der Waals surface area contributed by atoms with Crippen LogP contribution < -0.4 is 5.73 Å². The Labute approximate surface area is 102 Å².